The molecule has 0 bridgehead atoms. The Morgan fingerprint density at radius 2 is 1.92 bits per heavy atom. The third kappa shape index (κ3) is 3.57. The van der Waals surface area contributed by atoms with Crippen molar-refractivity contribution in [2.45, 2.75) is 46.6 Å². The second-order valence-electron chi connectivity index (χ2n) is 6.75. The molecule has 2 aromatic rings. The molecule has 1 fully saturated rings. The number of amides is 2. The molecule has 1 saturated heterocycles. The van der Waals surface area contributed by atoms with Crippen molar-refractivity contribution in [2.75, 3.05) is 11.4 Å². The van der Waals surface area contributed by atoms with Crippen LogP contribution in [0.5, 0.6) is 0 Å². The highest BCUT2D eigenvalue weighted by atomic mass is 16.5. The van der Waals surface area contributed by atoms with Gasteiger partial charge in [0, 0.05) is 18.3 Å². The molecule has 1 N–H and O–H groups in total. The Hall–Kier alpha value is -2.63. The summed E-state index contributed by atoms with van der Waals surface area (Å²) in [5.41, 5.74) is 4.87. The summed E-state index contributed by atoms with van der Waals surface area (Å²) in [6.07, 6.45) is 0.721. The molecule has 0 saturated carbocycles. The fourth-order valence-electron chi connectivity index (χ4n) is 3.55. The summed E-state index contributed by atoms with van der Waals surface area (Å²) in [6.45, 7) is 8.46. The van der Waals surface area contributed by atoms with E-state index in [0.717, 1.165) is 16.8 Å². The lowest BCUT2D eigenvalue weighted by atomic mass is 10.0. The highest BCUT2D eigenvalue weighted by Gasteiger charge is 2.34. The van der Waals surface area contributed by atoms with Crippen LogP contribution in [-0.2, 0) is 16.0 Å². The van der Waals surface area contributed by atoms with E-state index in [2.05, 4.69) is 22.6 Å². The molecule has 0 radical (unpaired) electrons. The molecule has 2 amide bonds. The van der Waals surface area contributed by atoms with Gasteiger partial charge in [0.15, 0.2) is 0 Å². The monoisotopic (exact) mass is 341 g/mol. The molecule has 0 aliphatic carbocycles. The van der Waals surface area contributed by atoms with Crippen LogP contribution in [-0.4, -0.2) is 29.6 Å². The van der Waals surface area contributed by atoms with E-state index in [1.54, 1.807) is 17.9 Å². The number of nitrogens with zero attached hydrogens (tertiary/aromatic N) is 2. The van der Waals surface area contributed by atoms with Crippen LogP contribution in [0.4, 0.5) is 5.69 Å². The Labute approximate surface area is 147 Å². The van der Waals surface area contributed by atoms with E-state index in [-0.39, 0.29) is 18.2 Å². The zero-order chi connectivity index (χ0) is 18.1. The second kappa shape index (κ2) is 6.70. The van der Waals surface area contributed by atoms with Gasteiger partial charge in [-0.1, -0.05) is 22.9 Å². The summed E-state index contributed by atoms with van der Waals surface area (Å²) in [5, 5.41) is 6.64. The average Bonchev–Trinajstić information content (AvgIpc) is 3.06. The number of nitrogens with one attached hydrogen (secondary N) is 1. The van der Waals surface area contributed by atoms with E-state index in [1.807, 2.05) is 20.8 Å². The van der Waals surface area contributed by atoms with Gasteiger partial charge in [0.25, 0.3) is 0 Å². The standard InChI is InChI=1S/C19H23N3O3/c1-11-7-12(2)18(13(3)8-11)22-6-5-16(19(22)24)20-17(23)10-15-9-14(4)25-21-15/h7-9,16H,5-6,10H2,1-4H3,(H,20,23)/t16-/m1/s1. The van der Waals surface area contributed by atoms with Gasteiger partial charge in [-0.15, -0.1) is 0 Å². The van der Waals surface area contributed by atoms with E-state index in [0.29, 0.717) is 24.4 Å². The zero-order valence-corrected chi connectivity index (χ0v) is 15.0. The fourth-order valence-corrected chi connectivity index (χ4v) is 3.55. The summed E-state index contributed by atoms with van der Waals surface area (Å²) in [4.78, 5) is 26.7. The van der Waals surface area contributed by atoms with Gasteiger partial charge < -0.3 is 14.7 Å². The summed E-state index contributed by atoms with van der Waals surface area (Å²) in [5.74, 6) is 0.391. The van der Waals surface area contributed by atoms with Crippen LogP contribution in [0, 0.1) is 27.7 Å². The molecule has 2 heterocycles. The summed E-state index contributed by atoms with van der Waals surface area (Å²) in [7, 11) is 0. The molecule has 0 spiro atoms. The van der Waals surface area contributed by atoms with Crippen molar-refractivity contribution < 1.29 is 14.1 Å². The molecule has 1 aliphatic heterocycles. The van der Waals surface area contributed by atoms with Crippen molar-refractivity contribution >= 4 is 17.5 Å². The maximum atomic E-state index is 12.8. The highest BCUT2D eigenvalue weighted by Crippen LogP contribution is 2.30. The van der Waals surface area contributed by atoms with Crippen LogP contribution in [0.2, 0.25) is 0 Å². The van der Waals surface area contributed by atoms with Crippen molar-refractivity contribution in [3.63, 3.8) is 0 Å². The lowest BCUT2D eigenvalue weighted by Crippen LogP contribution is -2.42. The molecule has 132 valence electrons. The predicted octanol–water partition coefficient (Wildman–Crippen LogP) is 2.37. The van der Waals surface area contributed by atoms with Crippen LogP contribution >= 0.6 is 0 Å². The minimum Gasteiger partial charge on any atom is -0.361 e. The quantitative estimate of drug-likeness (QED) is 0.926. The Morgan fingerprint density at radius 3 is 2.52 bits per heavy atom. The summed E-state index contributed by atoms with van der Waals surface area (Å²) in [6, 6.07) is 5.39. The maximum Gasteiger partial charge on any atom is 0.249 e. The molecular weight excluding hydrogens is 318 g/mol. The average molecular weight is 341 g/mol. The molecule has 6 heteroatoms. The van der Waals surface area contributed by atoms with E-state index in [9.17, 15) is 9.59 Å². The maximum absolute atomic E-state index is 12.8. The third-order valence-corrected chi connectivity index (χ3v) is 4.46. The Kier molecular flexibility index (Phi) is 4.61. The Bertz CT molecular complexity index is 802. The molecule has 25 heavy (non-hydrogen) atoms. The Balaban J connectivity index is 1.69. The van der Waals surface area contributed by atoms with Crippen molar-refractivity contribution in [3.8, 4) is 0 Å². The highest BCUT2D eigenvalue weighted by molar-refractivity contribution is 6.02. The molecule has 3 rings (SSSR count). The van der Waals surface area contributed by atoms with Gasteiger partial charge in [-0.25, -0.2) is 0 Å². The van der Waals surface area contributed by atoms with E-state index in [4.69, 9.17) is 4.52 Å². The number of carbonyl (C=O) groups is 2. The molecular formula is C19H23N3O3. The number of rotatable bonds is 4. The minimum atomic E-state index is -0.486. The van der Waals surface area contributed by atoms with Gasteiger partial charge in [0.05, 0.1) is 12.1 Å². The van der Waals surface area contributed by atoms with E-state index in [1.165, 1.54) is 5.56 Å². The van der Waals surface area contributed by atoms with Gasteiger partial charge in [-0.3, -0.25) is 9.59 Å². The zero-order valence-electron chi connectivity index (χ0n) is 15.0. The van der Waals surface area contributed by atoms with Gasteiger partial charge in [-0.2, -0.15) is 0 Å². The molecule has 1 aliphatic rings. The molecule has 1 atom stereocenters. The number of hydrogen-bond donors (Lipinski definition) is 1. The lowest BCUT2D eigenvalue weighted by Gasteiger charge is -2.22. The van der Waals surface area contributed by atoms with Gasteiger partial charge in [0.2, 0.25) is 11.8 Å². The van der Waals surface area contributed by atoms with Gasteiger partial charge in [-0.05, 0) is 45.2 Å². The largest absolute Gasteiger partial charge is 0.361 e. The number of anilines is 1. The van der Waals surface area contributed by atoms with Crippen LogP contribution in [0.25, 0.3) is 0 Å². The number of aryl methyl sites for hydroxylation is 4. The topological polar surface area (TPSA) is 75.4 Å². The normalized spacial score (nSPS) is 17.2. The first-order chi connectivity index (χ1) is 11.8. The predicted molar refractivity (Wildman–Crippen MR) is 94.5 cm³/mol. The first kappa shape index (κ1) is 17.2. The van der Waals surface area contributed by atoms with Crippen molar-refractivity contribution in [1.29, 1.82) is 0 Å². The second-order valence-corrected chi connectivity index (χ2v) is 6.75. The van der Waals surface area contributed by atoms with Crippen LogP contribution < -0.4 is 10.2 Å². The number of aromatic nitrogens is 1. The van der Waals surface area contributed by atoms with Crippen molar-refractivity contribution in [2.24, 2.45) is 0 Å². The SMILES string of the molecule is Cc1cc(C)c(N2CC[C@@H](NC(=O)Cc3cc(C)on3)C2=O)c(C)c1. The fraction of sp³-hybridized carbons (Fsp3) is 0.421. The molecule has 1 aromatic heterocycles. The minimum absolute atomic E-state index is 0.0558. The third-order valence-electron chi connectivity index (χ3n) is 4.46. The van der Waals surface area contributed by atoms with E-state index < -0.39 is 6.04 Å². The lowest BCUT2D eigenvalue weighted by molar-refractivity contribution is -0.126. The van der Waals surface area contributed by atoms with Crippen LogP contribution in [0.1, 0.15) is 34.6 Å². The van der Waals surface area contributed by atoms with Crippen molar-refractivity contribution in [3.05, 3.63) is 46.3 Å². The molecule has 1 aromatic carbocycles. The molecule has 6 nitrogen and oxygen atoms in total. The Morgan fingerprint density at radius 1 is 1.24 bits per heavy atom. The smallest absolute Gasteiger partial charge is 0.249 e. The van der Waals surface area contributed by atoms with Gasteiger partial charge >= 0.3 is 0 Å². The molecule has 0 unspecified atom stereocenters. The number of carbonyl (C=O) groups excluding carboxylic acids is 2. The summed E-state index contributed by atoms with van der Waals surface area (Å²) < 4.78 is 4.96. The van der Waals surface area contributed by atoms with E-state index >= 15 is 0 Å². The van der Waals surface area contributed by atoms with Crippen molar-refractivity contribution in [1.82, 2.24) is 10.5 Å². The van der Waals surface area contributed by atoms with Crippen LogP contribution in [0.15, 0.2) is 22.7 Å². The first-order valence-electron chi connectivity index (χ1n) is 8.46. The van der Waals surface area contributed by atoms with Gasteiger partial charge in [0.1, 0.15) is 11.8 Å². The van der Waals surface area contributed by atoms with Crippen LogP contribution in [0.3, 0.4) is 0 Å². The number of hydrogen-bond acceptors (Lipinski definition) is 4. The first-order valence-corrected chi connectivity index (χ1v) is 8.46. The summed E-state index contributed by atoms with van der Waals surface area (Å²) >= 11 is 0. The number of benzene rings is 1.